The summed E-state index contributed by atoms with van der Waals surface area (Å²) in [5, 5.41) is 2.95. The van der Waals surface area contributed by atoms with Gasteiger partial charge < -0.3 is 9.88 Å². The average Bonchev–Trinajstić information content (AvgIpc) is 3.28. The van der Waals surface area contributed by atoms with Crippen LogP contribution in [0.4, 0.5) is 4.39 Å². The molecule has 1 aromatic carbocycles. The summed E-state index contributed by atoms with van der Waals surface area (Å²) in [5.41, 5.74) is 3.07. The predicted octanol–water partition coefficient (Wildman–Crippen LogP) is 2.13. The van der Waals surface area contributed by atoms with Gasteiger partial charge in [0, 0.05) is 35.7 Å². The lowest BCUT2D eigenvalue weighted by molar-refractivity contribution is -0.136. The van der Waals surface area contributed by atoms with E-state index in [0.29, 0.717) is 28.6 Å². The number of nitrogens with one attached hydrogen (secondary N) is 2. The predicted molar refractivity (Wildman–Crippen MR) is 97.5 cm³/mol. The monoisotopic (exact) mass is 378 g/mol. The molecule has 4 heterocycles. The fraction of sp³-hybridized carbons (Fsp3) is 0.200. The number of fused-ring (bicyclic) bond motifs is 2. The van der Waals surface area contributed by atoms with Crippen LogP contribution in [-0.4, -0.2) is 38.6 Å². The molecule has 2 aromatic heterocycles. The number of carbonyl (C=O) groups excluding carboxylic acids is 3. The summed E-state index contributed by atoms with van der Waals surface area (Å²) in [4.78, 5) is 44.9. The normalized spacial score (nSPS) is 19.2. The maximum absolute atomic E-state index is 13.9. The number of amides is 3. The van der Waals surface area contributed by atoms with Crippen LogP contribution >= 0.6 is 0 Å². The van der Waals surface area contributed by atoms with Crippen LogP contribution in [0.25, 0.3) is 22.2 Å². The Morgan fingerprint density at radius 2 is 2.04 bits per heavy atom. The molecule has 7 nitrogen and oxygen atoms in total. The standard InChI is InChI=1S/C20H15FN4O3/c21-14-8-23-17(13-5-6-22-18(13)14)10-1-2-12-11(7-10)9-25(20(12)28)15-3-4-16(26)24-19(15)27/h1-2,5-8,15,22H,3-4,9H2,(H,24,26,27). The first-order valence-corrected chi connectivity index (χ1v) is 8.92. The molecule has 1 fully saturated rings. The molecule has 1 unspecified atom stereocenters. The number of hydrogen-bond acceptors (Lipinski definition) is 4. The van der Waals surface area contributed by atoms with Gasteiger partial charge >= 0.3 is 0 Å². The summed E-state index contributed by atoms with van der Waals surface area (Å²) in [5.74, 6) is -1.41. The van der Waals surface area contributed by atoms with Gasteiger partial charge in [0.2, 0.25) is 11.8 Å². The zero-order valence-electron chi connectivity index (χ0n) is 14.7. The first-order valence-electron chi connectivity index (χ1n) is 8.92. The third-order valence-electron chi connectivity index (χ3n) is 5.34. The zero-order valence-corrected chi connectivity index (χ0v) is 14.7. The lowest BCUT2D eigenvalue weighted by Crippen LogP contribution is -2.52. The Morgan fingerprint density at radius 1 is 1.18 bits per heavy atom. The molecule has 5 rings (SSSR count). The maximum Gasteiger partial charge on any atom is 0.255 e. The van der Waals surface area contributed by atoms with Crippen LogP contribution in [0.15, 0.2) is 36.7 Å². The number of halogens is 1. The molecule has 140 valence electrons. The van der Waals surface area contributed by atoms with Gasteiger partial charge in [-0.2, -0.15) is 0 Å². The Hall–Kier alpha value is -3.55. The van der Waals surface area contributed by atoms with Crippen molar-refractivity contribution in [2.45, 2.75) is 25.4 Å². The molecule has 28 heavy (non-hydrogen) atoms. The van der Waals surface area contributed by atoms with E-state index in [1.165, 1.54) is 11.1 Å². The van der Waals surface area contributed by atoms with Crippen LogP contribution in [0.1, 0.15) is 28.8 Å². The lowest BCUT2D eigenvalue weighted by atomic mass is 10.0. The van der Waals surface area contributed by atoms with Gasteiger partial charge in [-0.1, -0.05) is 6.07 Å². The van der Waals surface area contributed by atoms with Crippen molar-refractivity contribution < 1.29 is 18.8 Å². The topological polar surface area (TPSA) is 95.2 Å². The molecular weight excluding hydrogens is 363 g/mol. The highest BCUT2D eigenvalue weighted by molar-refractivity contribution is 6.05. The number of benzene rings is 1. The van der Waals surface area contributed by atoms with Gasteiger partial charge in [-0.05, 0) is 30.2 Å². The minimum atomic E-state index is -0.652. The number of aromatic amines is 1. The van der Waals surface area contributed by atoms with Gasteiger partial charge in [-0.15, -0.1) is 0 Å². The number of hydrogen-bond donors (Lipinski definition) is 2. The maximum atomic E-state index is 13.9. The molecule has 1 atom stereocenters. The van der Waals surface area contributed by atoms with Crippen molar-refractivity contribution in [2.24, 2.45) is 0 Å². The third-order valence-corrected chi connectivity index (χ3v) is 5.34. The quantitative estimate of drug-likeness (QED) is 0.668. The van der Waals surface area contributed by atoms with E-state index in [1.807, 2.05) is 6.07 Å². The van der Waals surface area contributed by atoms with E-state index >= 15 is 0 Å². The summed E-state index contributed by atoms with van der Waals surface area (Å²) >= 11 is 0. The summed E-state index contributed by atoms with van der Waals surface area (Å²) in [6, 6.07) is 6.45. The Balaban J connectivity index is 1.51. The fourth-order valence-electron chi connectivity index (χ4n) is 3.97. The minimum absolute atomic E-state index is 0.215. The van der Waals surface area contributed by atoms with Gasteiger partial charge in [-0.25, -0.2) is 4.39 Å². The van der Waals surface area contributed by atoms with Crippen molar-refractivity contribution in [3.05, 3.63) is 53.6 Å². The summed E-state index contributed by atoms with van der Waals surface area (Å²) < 4.78 is 13.9. The van der Waals surface area contributed by atoms with E-state index < -0.39 is 17.8 Å². The molecule has 2 aliphatic heterocycles. The Bertz CT molecular complexity index is 1170. The number of imide groups is 1. The van der Waals surface area contributed by atoms with Crippen molar-refractivity contribution in [2.75, 3.05) is 0 Å². The molecule has 1 saturated heterocycles. The van der Waals surface area contributed by atoms with Crippen molar-refractivity contribution in [1.82, 2.24) is 20.2 Å². The molecule has 0 aliphatic carbocycles. The highest BCUT2D eigenvalue weighted by Gasteiger charge is 2.39. The first-order chi connectivity index (χ1) is 13.5. The number of H-pyrrole nitrogens is 1. The largest absolute Gasteiger partial charge is 0.359 e. The van der Waals surface area contributed by atoms with Gasteiger partial charge in [0.25, 0.3) is 5.91 Å². The summed E-state index contributed by atoms with van der Waals surface area (Å²) in [6.07, 6.45) is 3.36. The van der Waals surface area contributed by atoms with E-state index in [1.54, 1.807) is 24.4 Å². The van der Waals surface area contributed by atoms with Crippen molar-refractivity contribution in [1.29, 1.82) is 0 Å². The van der Waals surface area contributed by atoms with E-state index in [-0.39, 0.29) is 24.8 Å². The molecular formula is C20H15FN4O3. The van der Waals surface area contributed by atoms with Gasteiger partial charge in [-0.3, -0.25) is 24.7 Å². The highest BCUT2D eigenvalue weighted by atomic mass is 19.1. The first kappa shape index (κ1) is 16.6. The van der Waals surface area contributed by atoms with E-state index in [2.05, 4.69) is 15.3 Å². The number of piperidine rings is 1. The van der Waals surface area contributed by atoms with Crippen LogP contribution in [0, 0.1) is 5.82 Å². The van der Waals surface area contributed by atoms with E-state index in [4.69, 9.17) is 0 Å². The van der Waals surface area contributed by atoms with Crippen molar-refractivity contribution in [3.8, 4) is 11.3 Å². The second kappa shape index (κ2) is 5.98. The molecule has 0 radical (unpaired) electrons. The number of carbonyl (C=O) groups is 3. The molecule has 3 amide bonds. The summed E-state index contributed by atoms with van der Waals surface area (Å²) in [7, 11) is 0. The Labute approximate surface area is 158 Å². The van der Waals surface area contributed by atoms with E-state index in [9.17, 15) is 18.8 Å². The van der Waals surface area contributed by atoms with Crippen LogP contribution in [0.5, 0.6) is 0 Å². The van der Waals surface area contributed by atoms with Gasteiger partial charge in [0.1, 0.15) is 6.04 Å². The van der Waals surface area contributed by atoms with Gasteiger partial charge in [0.05, 0.1) is 17.4 Å². The Morgan fingerprint density at radius 3 is 2.86 bits per heavy atom. The second-order valence-electron chi connectivity index (χ2n) is 6.99. The number of nitrogens with zero attached hydrogens (tertiary/aromatic N) is 2. The lowest BCUT2D eigenvalue weighted by Gasteiger charge is -2.29. The second-order valence-corrected chi connectivity index (χ2v) is 6.99. The van der Waals surface area contributed by atoms with Crippen LogP contribution in [0.2, 0.25) is 0 Å². The highest BCUT2D eigenvalue weighted by Crippen LogP contribution is 2.33. The molecule has 0 bridgehead atoms. The molecule has 3 aromatic rings. The third kappa shape index (κ3) is 2.41. The number of rotatable bonds is 2. The zero-order chi connectivity index (χ0) is 19.4. The van der Waals surface area contributed by atoms with Crippen molar-refractivity contribution in [3.63, 3.8) is 0 Å². The molecule has 0 saturated carbocycles. The average molecular weight is 378 g/mol. The number of aromatic nitrogens is 2. The number of pyridine rings is 1. The smallest absolute Gasteiger partial charge is 0.255 e. The van der Waals surface area contributed by atoms with Crippen LogP contribution < -0.4 is 5.32 Å². The van der Waals surface area contributed by atoms with Gasteiger partial charge in [0.15, 0.2) is 5.82 Å². The summed E-state index contributed by atoms with van der Waals surface area (Å²) in [6.45, 7) is 0.283. The Kier molecular flexibility index (Phi) is 3.55. The van der Waals surface area contributed by atoms with Crippen molar-refractivity contribution >= 4 is 28.6 Å². The van der Waals surface area contributed by atoms with E-state index in [0.717, 1.165) is 11.1 Å². The van der Waals surface area contributed by atoms with Crippen LogP contribution in [0.3, 0.4) is 0 Å². The van der Waals surface area contributed by atoms with Crippen LogP contribution in [-0.2, 0) is 16.1 Å². The SMILES string of the molecule is O=C1CCC(N2Cc3cc(-c4ncc(F)c5[nH]ccc45)ccc3C2=O)C(=O)N1. The molecule has 2 aliphatic rings. The molecule has 0 spiro atoms. The molecule has 2 N–H and O–H groups in total. The minimum Gasteiger partial charge on any atom is -0.359 e. The molecule has 8 heteroatoms. The fourth-order valence-corrected chi connectivity index (χ4v) is 3.97.